The van der Waals surface area contributed by atoms with Gasteiger partial charge in [-0.1, -0.05) is 0 Å². The van der Waals surface area contributed by atoms with Gasteiger partial charge in [0, 0.05) is 23.7 Å². The summed E-state index contributed by atoms with van der Waals surface area (Å²) in [5.41, 5.74) is 1.77. The quantitative estimate of drug-likeness (QED) is 0.171. The zero-order valence-corrected chi connectivity index (χ0v) is 20.7. The standard InChI is InChI=1S/C24H28N4O9/c1-8(2)26-12-7-13(28(36)37)18(29)15-10(12)5-9-6-11-17(27(3)4)20(31)16(23(25)34)22(33)24(11,35)21(32)14(9)19(15)30/h7-9,11,14,16-17,26,29,35H,5-6H2,1-4H3,(H2,25,34)/t9?,11?,14?,16?,17-,24-/m0/s1. The van der Waals surface area contributed by atoms with Gasteiger partial charge >= 0.3 is 5.69 Å². The van der Waals surface area contributed by atoms with Crippen molar-refractivity contribution < 1.29 is 39.1 Å². The number of nitrogens with zero attached hydrogens (tertiary/aromatic N) is 2. The lowest BCUT2D eigenvalue weighted by Gasteiger charge is -2.52. The lowest BCUT2D eigenvalue weighted by atomic mass is 9.52. The van der Waals surface area contributed by atoms with Gasteiger partial charge in [0.15, 0.2) is 34.7 Å². The first-order valence-electron chi connectivity index (χ1n) is 11.8. The normalized spacial score (nSPS) is 31.2. The minimum absolute atomic E-state index is 0.00639. The average molecular weight is 517 g/mol. The van der Waals surface area contributed by atoms with E-state index in [1.807, 2.05) is 0 Å². The maximum Gasteiger partial charge on any atom is 0.313 e. The highest BCUT2D eigenvalue weighted by molar-refractivity contribution is 6.32. The molecule has 2 saturated carbocycles. The van der Waals surface area contributed by atoms with Crippen molar-refractivity contribution in [3.8, 4) is 5.75 Å². The summed E-state index contributed by atoms with van der Waals surface area (Å²) in [4.78, 5) is 78.0. The number of phenolic OH excluding ortho intramolecular Hbond substituents is 1. The van der Waals surface area contributed by atoms with Gasteiger partial charge in [0.1, 0.15) is 0 Å². The number of carbonyl (C=O) groups excluding carboxylic acids is 5. The predicted octanol–water partition coefficient (Wildman–Crippen LogP) is -0.404. The summed E-state index contributed by atoms with van der Waals surface area (Å²) >= 11 is 0. The Labute approximate surface area is 211 Å². The van der Waals surface area contributed by atoms with Crippen molar-refractivity contribution in [1.82, 2.24) is 4.90 Å². The summed E-state index contributed by atoms with van der Waals surface area (Å²) in [5, 5.41) is 36.9. The molecular formula is C24H28N4O9. The number of hydrogen-bond donors (Lipinski definition) is 4. The van der Waals surface area contributed by atoms with Gasteiger partial charge in [-0.25, -0.2) is 0 Å². The van der Waals surface area contributed by atoms with E-state index in [2.05, 4.69) is 5.32 Å². The van der Waals surface area contributed by atoms with E-state index in [-0.39, 0.29) is 30.1 Å². The Morgan fingerprint density at radius 1 is 1.24 bits per heavy atom. The first-order chi connectivity index (χ1) is 17.1. The van der Waals surface area contributed by atoms with Crippen molar-refractivity contribution in [3.63, 3.8) is 0 Å². The molecule has 1 aromatic carbocycles. The lowest BCUT2D eigenvalue weighted by molar-refractivity contribution is -0.385. The summed E-state index contributed by atoms with van der Waals surface area (Å²) < 4.78 is 0. The third-order valence-electron chi connectivity index (χ3n) is 7.68. The minimum atomic E-state index is -2.85. The number of rotatable bonds is 5. The number of primary amides is 1. The minimum Gasteiger partial charge on any atom is -0.502 e. The fourth-order valence-electron chi connectivity index (χ4n) is 6.24. The van der Waals surface area contributed by atoms with Gasteiger partial charge in [-0.2, -0.15) is 0 Å². The van der Waals surface area contributed by atoms with Crippen molar-refractivity contribution in [2.24, 2.45) is 29.4 Å². The van der Waals surface area contributed by atoms with Gasteiger partial charge in [0.05, 0.1) is 22.4 Å². The van der Waals surface area contributed by atoms with E-state index >= 15 is 0 Å². The molecule has 0 saturated heterocycles. The highest BCUT2D eigenvalue weighted by atomic mass is 16.6. The van der Waals surface area contributed by atoms with Crippen LogP contribution in [0.3, 0.4) is 0 Å². The molecular weight excluding hydrogens is 488 g/mol. The van der Waals surface area contributed by atoms with E-state index in [0.29, 0.717) is 0 Å². The number of benzene rings is 1. The van der Waals surface area contributed by atoms with Crippen LogP contribution in [0.1, 0.15) is 36.2 Å². The molecule has 5 N–H and O–H groups in total. The number of anilines is 1. The molecule has 13 heteroatoms. The number of aromatic hydroxyl groups is 1. The van der Waals surface area contributed by atoms with Crippen molar-refractivity contribution >= 4 is 40.4 Å². The Kier molecular flexibility index (Phi) is 6.20. The fourth-order valence-corrected chi connectivity index (χ4v) is 6.24. The molecule has 1 aromatic rings. The van der Waals surface area contributed by atoms with E-state index in [9.17, 15) is 44.3 Å². The number of carbonyl (C=O) groups is 5. The number of ketones is 4. The molecule has 3 aliphatic carbocycles. The number of aliphatic hydroxyl groups is 1. The van der Waals surface area contributed by atoms with Crippen molar-refractivity contribution in [2.75, 3.05) is 19.4 Å². The second-order valence-electron chi connectivity index (χ2n) is 10.5. The third kappa shape index (κ3) is 3.63. The Balaban J connectivity index is 1.91. The summed E-state index contributed by atoms with van der Waals surface area (Å²) in [5.74, 6) is -12.3. The number of fused-ring (bicyclic) bond motifs is 3. The first-order valence-corrected chi connectivity index (χ1v) is 11.8. The zero-order valence-electron chi connectivity index (χ0n) is 20.7. The largest absolute Gasteiger partial charge is 0.502 e. The monoisotopic (exact) mass is 516 g/mol. The van der Waals surface area contributed by atoms with Gasteiger partial charge in [-0.15, -0.1) is 0 Å². The van der Waals surface area contributed by atoms with Gasteiger partial charge in [0.2, 0.25) is 11.7 Å². The third-order valence-corrected chi connectivity index (χ3v) is 7.68. The van der Waals surface area contributed by atoms with Gasteiger partial charge in [-0.3, -0.25) is 39.0 Å². The number of amides is 1. The van der Waals surface area contributed by atoms with Crippen molar-refractivity contribution in [1.29, 1.82) is 0 Å². The summed E-state index contributed by atoms with van der Waals surface area (Å²) in [6, 6.07) is -0.284. The zero-order chi connectivity index (χ0) is 27.7. The molecule has 0 bridgehead atoms. The highest BCUT2D eigenvalue weighted by Crippen LogP contribution is 2.52. The molecule has 198 valence electrons. The van der Waals surface area contributed by atoms with Crippen molar-refractivity contribution in [2.45, 2.75) is 44.4 Å². The topological polar surface area (TPSA) is 210 Å². The van der Waals surface area contributed by atoms with Crippen LogP contribution in [0.5, 0.6) is 5.75 Å². The maximum absolute atomic E-state index is 13.8. The average Bonchev–Trinajstić information content (AvgIpc) is 2.77. The number of Topliss-reactive ketones (excluding diaryl/α,β-unsaturated/α-hetero) is 4. The first kappa shape index (κ1) is 26.4. The SMILES string of the molecule is CC(C)Nc1cc([N+](=O)[O-])c(O)c2c1CC1CC3[C@H](N(C)C)C(=O)C(C(N)=O)C(=O)[C@@]3(O)C(=O)C1C2=O. The number of nitrogens with two attached hydrogens (primary N) is 1. The van der Waals surface area contributed by atoms with E-state index < -0.39 is 86.3 Å². The smallest absolute Gasteiger partial charge is 0.313 e. The van der Waals surface area contributed by atoms with Crippen LogP contribution >= 0.6 is 0 Å². The summed E-state index contributed by atoms with van der Waals surface area (Å²) in [7, 11) is 2.99. The number of nitro benzene ring substituents is 1. The predicted molar refractivity (Wildman–Crippen MR) is 127 cm³/mol. The number of phenols is 1. The van der Waals surface area contributed by atoms with Crippen molar-refractivity contribution in [3.05, 3.63) is 27.3 Å². The Bertz CT molecular complexity index is 1270. The van der Waals surface area contributed by atoms with E-state index in [0.717, 1.165) is 6.07 Å². The molecule has 13 nitrogen and oxygen atoms in total. The van der Waals surface area contributed by atoms with E-state index in [1.54, 1.807) is 13.8 Å². The molecule has 2 fully saturated rings. The molecule has 4 rings (SSSR count). The van der Waals surface area contributed by atoms with Crippen LogP contribution in [0.25, 0.3) is 0 Å². The molecule has 37 heavy (non-hydrogen) atoms. The van der Waals surface area contributed by atoms with Crippen LogP contribution in [0.4, 0.5) is 11.4 Å². The molecule has 6 atom stereocenters. The number of likely N-dealkylation sites (N-methyl/N-ethyl adjacent to an activating group) is 1. The van der Waals surface area contributed by atoms with Gasteiger partial charge in [-0.05, 0) is 52.3 Å². The summed E-state index contributed by atoms with van der Waals surface area (Å²) in [6.45, 7) is 3.55. The highest BCUT2D eigenvalue weighted by Gasteiger charge is 2.69. The Morgan fingerprint density at radius 2 is 1.86 bits per heavy atom. The second-order valence-corrected chi connectivity index (χ2v) is 10.5. The van der Waals surface area contributed by atoms with Crippen LogP contribution < -0.4 is 11.1 Å². The van der Waals surface area contributed by atoms with Crippen LogP contribution in [-0.4, -0.2) is 80.9 Å². The Morgan fingerprint density at radius 3 is 2.38 bits per heavy atom. The molecule has 1 amide bonds. The van der Waals surface area contributed by atoms with E-state index in [1.165, 1.54) is 19.0 Å². The van der Waals surface area contributed by atoms with Crippen LogP contribution in [0.2, 0.25) is 0 Å². The number of nitrogens with one attached hydrogen (secondary N) is 1. The molecule has 4 unspecified atom stereocenters. The Hall–Kier alpha value is -3.71. The second kappa shape index (κ2) is 8.70. The van der Waals surface area contributed by atoms with Crippen LogP contribution in [0, 0.1) is 33.8 Å². The summed E-state index contributed by atoms with van der Waals surface area (Å²) in [6.07, 6.45) is -0.102. The molecule has 0 aliphatic heterocycles. The van der Waals surface area contributed by atoms with Gasteiger partial charge in [0.25, 0.3) is 0 Å². The lowest BCUT2D eigenvalue weighted by Crippen LogP contribution is -2.74. The molecule has 0 spiro atoms. The van der Waals surface area contributed by atoms with Crippen LogP contribution in [-0.2, 0) is 25.6 Å². The van der Waals surface area contributed by atoms with E-state index in [4.69, 9.17) is 5.73 Å². The fraction of sp³-hybridized carbons (Fsp3) is 0.542. The molecule has 0 radical (unpaired) electrons. The molecule has 0 aromatic heterocycles. The number of nitro groups is 1. The van der Waals surface area contributed by atoms with Crippen LogP contribution in [0.15, 0.2) is 6.07 Å². The van der Waals surface area contributed by atoms with Gasteiger partial charge < -0.3 is 21.3 Å². The molecule has 3 aliphatic rings. The molecule has 0 heterocycles. The maximum atomic E-state index is 13.8. The number of hydrogen-bond acceptors (Lipinski definition) is 11.